The second-order valence-corrected chi connectivity index (χ2v) is 6.26. The van der Waals surface area contributed by atoms with Crippen molar-refractivity contribution in [2.75, 3.05) is 12.3 Å². The minimum absolute atomic E-state index is 0.0925. The molecule has 0 aliphatic heterocycles. The Balaban J connectivity index is 2.50. The van der Waals surface area contributed by atoms with Gasteiger partial charge in [-0.3, -0.25) is 9.88 Å². The van der Waals surface area contributed by atoms with E-state index in [1.165, 1.54) is 0 Å². The van der Waals surface area contributed by atoms with Crippen molar-refractivity contribution in [2.45, 2.75) is 57.3 Å². The molecule has 6 nitrogen and oxygen atoms in total. The number of aromatic amines is 1. The lowest BCUT2D eigenvalue weighted by Gasteiger charge is -2.22. The number of nitrogens with one attached hydrogen (secondary N) is 2. The van der Waals surface area contributed by atoms with Gasteiger partial charge < -0.3 is 0 Å². The van der Waals surface area contributed by atoms with Gasteiger partial charge in [-0.15, -0.1) is 5.10 Å². The lowest BCUT2D eigenvalue weighted by atomic mass is 9.98. The highest BCUT2D eigenvalue weighted by Crippen LogP contribution is 2.20. The third kappa shape index (κ3) is 4.39. The molecular formula is C13H23N5OS. The summed E-state index contributed by atoms with van der Waals surface area (Å²) in [6.45, 7) is 8.61. The predicted octanol–water partition coefficient (Wildman–Crippen LogP) is 1.92. The van der Waals surface area contributed by atoms with Crippen LogP contribution < -0.4 is 11.0 Å². The van der Waals surface area contributed by atoms with Gasteiger partial charge in [-0.1, -0.05) is 18.7 Å². The van der Waals surface area contributed by atoms with E-state index in [1.54, 1.807) is 16.3 Å². The first-order chi connectivity index (χ1) is 9.43. The first-order valence-electron chi connectivity index (χ1n) is 6.89. The Labute approximate surface area is 123 Å². The van der Waals surface area contributed by atoms with Crippen LogP contribution in [0.2, 0.25) is 0 Å². The van der Waals surface area contributed by atoms with E-state index in [0.717, 1.165) is 25.1 Å². The number of aromatic nitrogens is 3. The quantitative estimate of drug-likeness (QED) is 0.565. The lowest BCUT2D eigenvalue weighted by molar-refractivity contribution is 0.426. The minimum atomic E-state index is -0.474. The highest BCUT2D eigenvalue weighted by Gasteiger charge is 2.21. The summed E-state index contributed by atoms with van der Waals surface area (Å²) in [7, 11) is 0. The summed E-state index contributed by atoms with van der Waals surface area (Å²) in [5, 5.41) is 19.6. The van der Waals surface area contributed by atoms with E-state index < -0.39 is 5.54 Å². The van der Waals surface area contributed by atoms with Gasteiger partial charge in [0.1, 0.15) is 5.54 Å². The van der Waals surface area contributed by atoms with Crippen molar-refractivity contribution in [3.63, 3.8) is 0 Å². The summed E-state index contributed by atoms with van der Waals surface area (Å²) >= 11 is 1.55. The topological polar surface area (TPSA) is 86.5 Å². The summed E-state index contributed by atoms with van der Waals surface area (Å²) in [4.78, 5) is 11.6. The molecule has 0 fully saturated rings. The molecule has 0 aromatic carbocycles. The van der Waals surface area contributed by atoms with Gasteiger partial charge in [0, 0.05) is 11.8 Å². The zero-order chi connectivity index (χ0) is 15.2. The van der Waals surface area contributed by atoms with E-state index >= 15 is 0 Å². The van der Waals surface area contributed by atoms with Crippen LogP contribution in [-0.2, 0) is 0 Å². The van der Waals surface area contributed by atoms with Crippen molar-refractivity contribution < 1.29 is 0 Å². The third-order valence-corrected chi connectivity index (χ3v) is 4.09. The molecule has 1 unspecified atom stereocenters. The molecule has 0 radical (unpaired) electrons. The molecule has 1 atom stereocenters. The first kappa shape index (κ1) is 16.8. The number of thioether (sulfide) groups is 1. The molecule has 0 saturated heterocycles. The molecule has 0 amide bonds. The molecule has 20 heavy (non-hydrogen) atoms. The van der Waals surface area contributed by atoms with Gasteiger partial charge in [-0.2, -0.15) is 5.26 Å². The van der Waals surface area contributed by atoms with Gasteiger partial charge in [-0.25, -0.2) is 9.89 Å². The Morgan fingerprint density at radius 2 is 2.30 bits per heavy atom. The van der Waals surface area contributed by atoms with Gasteiger partial charge in [0.25, 0.3) is 0 Å². The predicted molar refractivity (Wildman–Crippen MR) is 80.9 cm³/mol. The van der Waals surface area contributed by atoms with Crippen LogP contribution in [0.15, 0.2) is 9.95 Å². The number of hydrogen-bond acceptors (Lipinski definition) is 5. The molecule has 1 rings (SSSR count). The number of hydrogen-bond donors (Lipinski definition) is 2. The van der Waals surface area contributed by atoms with Crippen molar-refractivity contribution in [3.8, 4) is 6.07 Å². The number of H-pyrrole nitrogens is 1. The molecule has 7 heteroatoms. The minimum Gasteiger partial charge on any atom is -0.300 e. The van der Waals surface area contributed by atoms with E-state index in [0.29, 0.717) is 5.16 Å². The Morgan fingerprint density at radius 1 is 1.60 bits per heavy atom. The summed E-state index contributed by atoms with van der Waals surface area (Å²) in [5.41, 5.74) is -0.643. The highest BCUT2D eigenvalue weighted by atomic mass is 32.2. The number of rotatable bonds is 8. The monoisotopic (exact) mass is 297 g/mol. The summed E-state index contributed by atoms with van der Waals surface area (Å²) < 4.78 is 1.65. The molecule has 0 aliphatic rings. The molecule has 1 aromatic rings. The molecule has 0 bridgehead atoms. The second kappa shape index (κ2) is 7.50. The van der Waals surface area contributed by atoms with Crippen molar-refractivity contribution in [3.05, 3.63) is 10.5 Å². The van der Waals surface area contributed by atoms with Crippen LogP contribution in [-0.4, -0.2) is 32.6 Å². The average molecular weight is 297 g/mol. The average Bonchev–Trinajstić information content (AvgIpc) is 2.76. The molecule has 0 saturated carbocycles. The van der Waals surface area contributed by atoms with Gasteiger partial charge in [0.05, 0.1) is 6.07 Å². The fraction of sp³-hybridized carbons (Fsp3) is 0.769. The summed E-state index contributed by atoms with van der Waals surface area (Å²) in [6.07, 6.45) is 1.67. The van der Waals surface area contributed by atoms with Crippen LogP contribution in [0.3, 0.4) is 0 Å². The van der Waals surface area contributed by atoms with E-state index in [-0.39, 0.29) is 11.7 Å². The molecule has 1 heterocycles. The van der Waals surface area contributed by atoms with E-state index in [4.69, 9.17) is 0 Å². The van der Waals surface area contributed by atoms with Gasteiger partial charge in [-0.05, 0) is 40.2 Å². The van der Waals surface area contributed by atoms with Crippen molar-refractivity contribution in [1.29, 1.82) is 5.26 Å². The maximum atomic E-state index is 11.6. The Bertz CT molecular complexity index is 516. The largest absolute Gasteiger partial charge is 0.344 e. The van der Waals surface area contributed by atoms with Crippen molar-refractivity contribution in [1.82, 2.24) is 20.1 Å². The molecule has 112 valence electrons. The standard InChI is InChI=1S/C13H23N5OS/c1-5-15-13(4,9-14)7-6-8-20-12-17-16-11(19)18(12)10(2)3/h10,15H,5-8H2,1-4H3,(H,16,19). The molecule has 0 aliphatic carbocycles. The Morgan fingerprint density at radius 3 is 2.85 bits per heavy atom. The van der Waals surface area contributed by atoms with Gasteiger partial charge in [0.2, 0.25) is 0 Å². The van der Waals surface area contributed by atoms with Gasteiger partial charge >= 0.3 is 5.69 Å². The summed E-state index contributed by atoms with van der Waals surface area (Å²) in [6, 6.07) is 2.41. The van der Waals surface area contributed by atoms with Crippen molar-refractivity contribution >= 4 is 11.8 Å². The Hall–Kier alpha value is -1.26. The second-order valence-electron chi connectivity index (χ2n) is 5.20. The third-order valence-electron chi connectivity index (χ3n) is 3.05. The molecule has 1 aromatic heterocycles. The zero-order valence-electron chi connectivity index (χ0n) is 12.6. The van der Waals surface area contributed by atoms with Crippen LogP contribution in [0.25, 0.3) is 0 Å². The van der Waals surface area contributed by atoms with E-state index in [9.17, 15) is 10.1 Å². The lowest BCUT2D eigenvalue weighted by Crippen LogP contribution is -2.40. The van der Waals surface area contributed by atoms with Crippen molar-refractivity contribution in [2.24, 2.45) is 0 Å². The SMILES string of the molecule is CCNC(C)(C#N)CCCSc1n[nH]c(=O)n1C(C)C. The smallest absolute Gasteiger partial charge is 0.300 e. The maximum absolute atomic E-state index is 11.6. The fourth-order valence-corrected chi connectivity index (χ4v) is 3.02. The van der Waals surface area contributed by atoms with Gasteiger partial charge in [0.15, 0.2) is 5.16 Å². The van der Waals surface area contributed by atoms with E-state index in [1.807, 2.05) is 27.7 Å². The highest BCUT2D eigenvalue weighted by molar-refractivity contribution is 7.99. The first-order valence-corrected chi connectivity index (χ1v) is 7.88. The maximum Gasteiger partial charge on any atom is 0.344 e. The summed E-state index contributed by atoms with van der Waals surface area (Å²) in [5.74, 6) is 0.833. The zero-order valence-corrected chi connectivity index (χ0v) is 13.4. The van der Waals surface area contributed by atoms with Crippen LogP contribution in [0, 0.1) is 11.3 Å². The van der Waals surface area contributed by atoms with Crippen LogP contribution in [0.4, 0.5) is 0 Å². The van der Waals surface area contributed by atoms with Crippen LogP contribution >= 0.6 is 11.8 Å². The fourth-order valence-electron chi connectivity index (χ4n) is 2.01. The normalized spacial score (nSPS) is 14.2. The molecule has 2 N–H and O–H groups in total. The molecule has 0 spiro atoms. The van der Waals surface area contributed by atoms with Crippen LogP contribution in [0.1, 0.15) is 46.6 Å². The number of nitriles is 1. The number of nitrogens with zero attached hydrogens (tertiary/aromatic N) is 3. The molecular weight excluding hydrogens is 274 g/mol. The Kier molecular flexibility index (Phi) is 6.30. The van der Waals surface area contributed by atoms with E-state index in [2.05, 4.69) is 21.6 Å². The van der Waals surface area contributed by atoms with Crippen LogP contribution in [0.5, 0.6) is 0 Å².